The predicted molar refractivity (Wildman–Crippen MR) is 100 cm³/mol. The van der Waals surface area contributed by atoms with Crippen LogP contribution in [0.5, 0.6) is 0 Å². The molecular weight excluding hydrogens is 348 g/mol. The van der Waals surface area contributed by atoms with Gasteiger partial charge in [-0.15, -0.1) is 0 Å². The third-order valence-corrected chi connectivity index (χ3v) is 4.83. The van der Waals surface area contributed by atoms with Crippen LogP contribution in [-0.4, -0.2) is 49.2 Å². The number of rotatable bonds is 7. The van der Waals surface area contributed by atoms with Gasteiger partial charge in [-0.3, -0.25) is 9.59 Å². The number of hydrogen-bond donors (Lipinski definition) is 2. The zero-order chi connectivity index (χ0) is 20.0. The number of methoxy groups -OCH3 is 1. The van der Waals surface area contributed by atoms with E-state index in [-0.39, 0.29) is 5.91 Å². The van der Waals surface area contributed by atoms with Crippen LogP contribution in [0.4, 0.5) is 0 Å². The Bertz CT molecular complexity index is 697. The van der Waals surface area contributed by atoms with Crippen LogP contribution in [0.1, 0.15) is 37.8 Å². The number of benzene rings is 1. The fraction of sp³-hybridized carbons (Fsp3) is 0.550. The van der Waals surface area contributed by atoms with Crippen LogP contribution in [0.15, 0.2) is 24.3 Å². The first-order chi connectivity index (χ1) is 12.8. The van der Waals surface area contributed by atoms with E-state index in [0.717, 1.165) is 24.1 Å². The average Bonchev–Trinajstić information content (AvgIpc) is 3.07. The molecule has 1 aromatic rings. The molecule has 2 N–H and O–H groups in total. The molecule has 2 rings (SSSR count). The average molecular weight is 376 g/mol. The standard InChI is InChI=1S/C20H28N2O5/c1-13-7-5-8-16(11-13)12-20(9-6-10-21-20)19(25)22-17(18(24)26-4)14(2)27-15(3)23/h5,7-8,11,14,17,21H,6,9-10,12H2,1-4H3,(H,22,25)/t14-,17+,20?/m1/s1. The van der Waals surface area contributed by atoms with Crippen molar-refractivity contribution in [2.24, 2.45) is 0 Å². The van der Waals surface area contributed by atoms with E-state index in [1.54, 1.807) is 6.92 Å². The third-order valence-electron chi connectivity index (χ3n) is 4.83. The Balaban J connectivity index is 2.21. The molecule has 0 saturated carbocycles. The molecule has 1 aliphatic heterocycles. The van der Waals surface area contributed by atoms with Crippen molar-refractivity contribution in [2.75, 3.05) is 13.7 Å². The van der Waals surface area contributed by atoms with Crippen molar-refractivity contribution in [3.63, 3.8) is 0 Å². The van der Waals surface area contributed by atoms with Gasteiger partial charge in [-0.2, -0.15) is 0 Å². The number of carbonyl (C=O) groups excluding carboxylic acids is 3. The van der Waals surface area contributed by atoms with E-state index in [2.05, 4.69) is 10.6 Å². The van der Waals surface area contributed by atoms with Gasteiger partial charge in [0.15, 0.2) is 6.04 Å². The van der Waals surface area contributed by atoms with Gasteiger partial charge in [-0.1, -0.05) is 29.8 Å². The Hall–Kier alpha value is -2.41. The minimum absolute atomic E-state index is 0.295. The molecule has 0 bridgehead atoms. The van der Waals surface area contributed by atoms with Crippen LogP contribution in [-0.2, 0) is 30.3 Å². The van der Waals surface area contributed by atoms with Gasteiger partial charge in [0.05, 0.1) is 7.11 Å². The van der Waals surface area contributed by atoms with E-state index in [9.17, 15) is 14.4 Å². The highest BCUT2D eigenvalue weighted by atomic mass is 16.6. The monoisotopic (exact) mass is 376 g/mol. The van der Waals surface area contributed by atoms with Gasteiger partial charge in [0.25, 0.3) is 0 Å². The fourth-order valence-electron chi connectivity index (χ4n) is 3.51. The van der Waals surface area contributed by atoms with Crippen molar-refractivity contribution in [2.45, 2.75) is 57.7 Å². The van der Waals surface area contributed by atoms with Gasteiger partial charge in [0.2, 0.25) is 5.91 Å². The number of ether oxygens (including phenoxy) is 2. The van der Waals surface area contributed by atoms with Gasteiger partial charge in [0, 0.05) is 6.92 Å². The fourth-order valence-corrected chi connectivity index (χ4v) is 3.51. The molecule has 0 radical (unpaired) electrons. The minimum atomic E-state index is -1.07. The van der Waals surface area contributed by atoms with Gasteiger partial charge < -0.3 is 20.1 Å². The first kappa shape index (κ1) is 20.9. The summed E-state index contributed by atoms with van der Waals surface area (Å²) in [6.45, 7) is 5.54. The van der Waals surface area contributed by atoms with Crippen molar-refractivity contribution < 1.29 is 23.9 Å². The summed E-state index contributed by atoms with van der Waals surface area (Å²) in [7, 11) is 1.23. The van der Waals surface area contributed by atoms with E-state index in [1.807, 2.05) is 31.2 Å². The highest BCUT2D eigenvalue weighted by Crippen LogP contribution is 2.25. The zero-order valence-electron chi connectivity index (χ0n) is 16.3. The molecule has 7 heteroatoms. The molecule has 7 nitrogen and oxygen atoms in total. The topological polar surface area (TPSA) is 93.7 Å². The summed E-state index contributed by atoms with van der Waals surface area (Å²) in [5.41, 5.74) is 1.36. The summed E-state index contributed by atoms with van der Waals surface area (Å²) in [6.07, 6.45) is 1.19. The maximum Gasteiger partial charge on any atom is 0.332 e. The van der Waals surface area contributed by atoms with Crippen molar-refractivity contribution in [3.8, 4) is 0 Å². The summed E-state index contributed by atoms with van der Waals surface area (Å²) >= 11 is 0. The largest absolute Gasteiger partial charge is 0.467 e. The third kappa shape index (κ3) is 5.29. The number of carbonyl (C=O) groups is 3. The summed E-state index contributed by atoms with van der Waals surface area (Å²) in [5, 5.41) is 6.05. The second-order valence-electron chi connectivity index (χ2n) is 7.07. The molecule has 1 saturated heterocycles. The van der Waals surface area contributed by atoms with Crippen molar-refractivity contribution in [1.82, 2.24) is 10.6 Å². The maximum absolute atomic E-state index is 13.2. The van der Waals surface area contributed by atoms with Crippen molar-refractivity contribution in [3.05, 3.63) is 35.4 Å². The van der Waals surface area contributed by atoms with Crippen molar-refractivity contribution >= 4 is 17.8 Å². The number of esters is 2. The molecule has 1 unspecified atom stereocenters. The second-order valence-corrected chi connectivity index (χ2v) is 7.07. The van der Waals surface area contributed by atoms with Gasteiger partial charge in [0.1, 0.15) is 11.6 Å². The van der Waals surface area contributed by atoms with Gasteiger partial charge in [-0.05, 0) is 45.2 Å². The Morgan fingerprint density at radius 2 is 2.07 bits per heavy atom. The highest BCUT2D eigenvalue weighted by Gasteiger charge is 2.43. The van der Waals surface area contributed by atoms with E-state index in [0.29, 0.717) is 12.8 Å². The van der Waals surface area contributed by atoms with Crippen LogP contribution >= 0.6 is 0 Å². The first-order valence-corrected chi connectivity index (χ1v) is 9.14. The molecular formula is C20H28N2O5. The lowest BCUT2D eigenvalue weighted by atomic mass is 9.87. The Labute approximate surface area is 159 Å². The second kappa shape index (κ2) is 8.99. The lowest BCUT2D eigenvalue weighted by Gasteiger charge is -2.31. The van der Waals surface area contributed by atoms with Crippen molar-refractivity contribution in [1.29, 1.82) is 0 Å². The van der Waals surface area contributed by atoms with E-state index >= 15 is 0 Å². The van der Waals surface area contributed by atoms with Crippen LogP contribution in [0.3, 0.4) is 0 Å². The Morgan fingerprint density at radius 3 is 2.63 bits per heavy atom. The molecule has 27 heavy (non-hydrogen) atoms. The molecule has 148 valence electrons. The zero-order valence-corrected chi connectivity index (χ0v) is 16.3. The van der Waals surface area contributed by atoms with E-state index < -0.39 is 29.6 Å². The Morgan fingerprint density at radius 1 is 1.33 bits per heavy atom. The number of hydrogen-bond acceptors (Lipinski definition) is 6. The number of aryl methyl sites for hydroxylation is 1. The maximum atomic E-state index is 13.2. The molecule has 0 aromatic heterocycles. The number of nitrogens with one attached hydrogen (secondary N) is 2. The Kier molecular flexibility index (Phi) is 6.96. The summed E-state index contributed by atoms with van der Waals surface area (Å²) in [4.78, 5) is 36.5. The van der Waals surface area contributed by atoms with E-state index in [1.165, 1.54) is 14.0 Å². The van der Waals surface area contributed by atoms with Crippen LogP contribution in [0, 0.1) is 6.92 Å². The number of amides is 1. The lowest BCUT2D eigenvalue weighted by Crippen LogP contribution is -2.60. The molecule has 1 aromatic carbocycles. The smallest absolute Gasteiger partial charge is 0.332 e. The van der Waals surface area contributed by atoms with E-state index in [4.69, 9.17) is 9.47 Å². The quantitative estimate of drug-likeness (QED) is 0.696. The predicted octanol–water partition coefficient (Wildman–Crippen LogP) is 1.27. The SMILES string of the molecule is COC(=O)[C@@H](NC(=O)C1(Cc2cccc(C)c2)CCCN1)[C@@H](C)OC(C)=O. The molecule has 3 atom stereocenters. The molecule has 1 amide bonds. The molecule has 0 aliphatic carbocycles. The highest BCUT2D eigenvalue weighted by molar-refractivity contribution is 5.91. The van der Waals surface area contributed by atoms with Gasteiger partial charge >= 0.3 is 11.9 Å². The summed E-state index contributed by atoms with van der Waals surface area (Å²) < 4.78 is 9.87. The molecule has 0 spiro atoms. The van der Waals surface area contributed by atoms with Gasteiger partial charge in [-0.25, -0.2) is 4.79 Å². The molecule has 1 fully saturated rings. The van der Waals surface area contributed by atoms with Crippen LogP contribution < -0.4 is 10.6 Å². The normalized spacial score (nSPS) is 21.2. The molecule has 1 aliphatic rings. The summed E-state index contributed by atoms with van der Waals surface area (Å²) in [6, 6.07) is 6.94. The summed E-state index contributed by atoms with van der Waals surface area (Å²) in [5.74, 6) is -1.48. The molecule has 1 heterocycles. The lowest BCUT2D eigenvalue weighted by molar-refractivity contribution is -0.156. The van der Waals surface area contributed by atoms with Crippen LogP contribution in [0.25, 0.3) is 0 Å². The van der Waals surface area contributed by atoms with Crippen LogP contribution in [0.2, 0.25) is 0 Å². The minimum Gasteiger partial charge on any atom is -0.467 e. The first-order valence-electron chi connectivity index (χ1n) is 9.14.